The Kier molecular flexibility index (Phi) is 5.10. The zero-order valence-electron chi connectivity index (χ0n) is 7.86. The molecule has 0 fully saturated rings. The highest BCUT2D eigenvalue weighted by atomic mass is 79.9. The number of unbranched alkanes of at least 4 members (excludes halogenated alkanes) is 1. The van der Waals surface area contributed by atoms with Gasteiger partial charge in [0.25, 0.3) is 0 Å². The average Bonchev–Trinajstić information content (AvgIpc) is 2.24. The van der Waals surface area contributed by atoms with Crippen LogP contribution in [0.5, 0.6) is 0 Å². The molecule has 4 heteroatoms. The van der Waals surface area contributed by atoms with E-state index in [0.29, 0.717) is 17.3 Å². The van der Waals surface area contributed by atoms with E-state index in [1.807, 2.05) is 0 Å². The molecule has 80 valence electrons. The topological polar surface area (TPSA) is 20.2 Å². The summed E-state index contributed by atoms with van der Waals surface area (Å²) in [6.07, 6.45) is 1.14. The summed E-state index contributed by atoms with van der Waals surface area (Å²) in [5.41, 5.74) is 0.279. The monoisotopic (exact) mass is 290 g/mol. The molecule has 1 N–H and O–H groups in total. The van der Waals surface area contributed by atoms with Crippen LogP contribution in [0.2, 0.25) is 5.02 Å². The molecule has 0 aliphatic heterocycles. The van der Waals surface area contributed by atoms with Gasteiger partial charge in [-0.2, -0.15) is 0 Å². The van der Waals surface area contributed by atoms with Crippen molar-refractivity contribution in [1.82, 2.24) is 0 Å². The summed E-state index contributed by atoms with van der Waals surface area (Å²) in [6.45, 7) is 0.0955. The number of halogens is 3. The maximum atomic E-state index is 13.5. The van der Waals surface area contributed by atoms with Gasteiger partial charge in [0.15, 0.2) is 5.82 Å². The summed E-state index contributed by atoms with van der Waals surface area (Å²) in [5.74, 6) is 4.93. The number of aliphatic hydroxyl groups excluding tert-OH is 1. The average molecular weight is 292 g/mol. The van der Waals surface area contributed by atoms with E-state index in [1.165, 1.54) is 0 Å². The maximum absolute atomic E-state index is 13.5. The lowest BCUT2D eigenvalue weighted by Gasteiger charge is -1.99. The SMILES string of the molecule is OCCCC#Cc1ccc(Br)c(Cl)c1F. The molecule has 0 bridgehead atoms. The molecule has 0 spiro atoms. The van der Waals surface area contributed by atoms with Crippen LogP contribution in [0, 0.1) is 17.7 Å². The number of benzene rings is 1. The fraction of sp³-hybridized carbons (Fsp3) is 0.273. The number of hydrogen-bond acceptors (Lipinski definition) is 1. The van der Waals surface area contributed by atoms with Gasteiger partial charge in [-0.3, -0.25) is 0 Å². The lowest BCUT2D eigenvalue weighted by molar-refractivity contribution is 0.290. The minimum atomic E-state index is -0.512. The summed E-state index contributed by atoms with van der Waals surface area (Å²) in [4.78, 5) is 0. The van der Waals surface area contributed by atoms with Crippen molar-refractivity contribution in [2.75, 3.05) is 6.61 Å². The van der Waals surface area contributed by atoms with Crippen LogP contribution in [0.3, 0.4) is 0 Å². The first-order chi connectivity index (χ1) is 7.16. The quantitative estimate of drug-likeness (QED) is 0.503. The first kappa shape index (κ1) is 12.5. The highest BCUT2D eigenvalue weighted by Gasteiger charge is 2.07. The van der Waals surface area contributed by atoms with Crippen LogP contribution in [-0.2, 0) is 0 Å². The molecule has 0 unspecified atom stereocenters. The minimum Gasteiger partial charge on any atom is -0.396 e. The molecule has 0 amide bonds. The van der Waals surface area contributed by atoms with Crippen LogP contribution in [0.15, 0.2) is 16.6 Å². The van der Waals surface area contributed by atoms with Gasteiger partial charge in [0, 0.05) is 17.5 Å². The van der Waals surface area contributed by atoms with Gasteiger partial charge in [0.05, 0.1) is 10.6 Å². The molecule has 1 nitrogen and oxygen atoms in total. The lowest BCUT2D eigenvalue weighted by atomic mass is 10.2. The van der Waals surface area contributed by atoms with Crippen molar-refractivity contribution < 1.29 is 9.50 Å². The molecule has 0 aliphatic rings. The van der Waals surface area contributed by atoms with Crippen LogP contribution in [0.25, 0.3) is 0 Å². The Morgan fingerprint density at radius 1 is 1.47 bits per heavy atom. The molecule has 0 saturated heterocycles. The Morgan fingerprint density at radius 2 is 2.20 bits per heavy atom. The molecule has 1 aromatic rings. The smallest absolute Gasteiger partial charge is 0.158 e. The van der Waals surface area contributed by atoms with E-state index in [2.05, 4.69) is 27.8 Å². The van der Waals surface area contributed by atoms with Crippen molar-refractivity contribution >= 4 is 27.5 Å². The van der Waals surface area contributed by atoms with Gasteiger partial charge in [-0.15, -0.1) is 0 Å². The van der Waals surface area contributed by atoms with E-state index in [0.717, 1.165) is 0 Å². The van der Waals surface area contributed by atoms with Gasteiger partial charge in [0.2, 0.25) is 0 Å². The molecule has 1 rings (SSSR count). The first-order valence-corrected chi connectivity index (χ1v) is 5.57. The fourth-order valence-corrected chi connectivity index (χ4v) is 1.42. The molecule has 0 aliphatic carbocycles. The van der Waals surface area contributed by atoms with E-state index in [-0.39, 0.29) is 17.2 Å². The Morgan fingerprint density at radius 3 is 2.87 bits per heavy atom. The Balaban J connectivity index is 2.85. The van der Waals surface area contributed by atoms with E-state index in [1.54, 1.807) is 12.1 Å². The molecule has 0 heterocycles. The minimum absolute atomic E-state index is 0.0453. The van der Waals surface area contributed by atoms with Crippen LogP contribution >= 0.6 is 27.5 Å². The lowest BCUT2D eigenvalue weighted by Crippen LogP contribution is -1.86. The van der Waals surface area contributed by atoms with E-state index < -0.39 is 5.82 Å². The zero-order valence-corrected chi connectivity index (χ0v) is 10.2. The van der Waals surface area contributed by atoms with Gasteiger partial charge in [-0.25, -0.2) is 4.39 Å². The summed E-state index contributed by atoms with van der Waals surface area (Å²) in [5, 5.41) is 8.57. The molecule has 0 radical (unpaired) electrons. The maximum Gasteiger partial charge on any atom is 0.158 e. The van der Waals surface area contributed by atoms with Gasteiger partial charge < -0.3 is 5.11 Å². The molecular formula is C11H9BrClFO. The summed E-state index contributed by atoms with van der Waals surface area (Å²) < 4.78 is 14.0. The number of hydrogen-bond donors (Lipinski definition) is 1. The van der Waals surface area contributed by atoms with Crippen molar-refractivity contribution in [3.63, 3.8) is 0 Å². The Labute approximate surface area is 101 Å². The predicted molar refractivity (Wildman–Crippen MR) is 62.3 cm³/mol. The summed E-state index contributed by atoms with van der Waals surface area (Å²) >= 11 is 8.81. The second kappa shape index (κ2) is 6.12. The molecule has 15 heavy (non-hydrogen) atoms. The first-order valence-electron chi connectivity index (χ1n) is 4.40. The van der Waals surface area contributed by atoms with E-state index in [9.17, 15) is 4.39 Å². The van der Waals surface area contributed by atoms with Crippen LogP contribution in [0.4, 0.5) is 4.39 Å². The largest absolute Gasteiger partial charge is 0.396 e. The highest BCUT2D eigenvalue weighted by molar-refractivity contribution is 9.10. The molecule has 1 aromatic carbocycles. The summed E-state index contributed by atoms with van der Waals surface area (Å²) in [7, 11) is 0. The second-order valence-corrected chi connectivity index (χ2v) is 4.08. The standard InChI is InChI=1S/C11H9BrClFO/c12-9-6-5-8(11(14)10(9)13)4-2-1-3-7-15/h5-6,15H,1,3,7H2. The third-order valence-electron chi connectivity index (χ3n) is 1.72. The number of rotatable bonds is 2. The van der Waals surface area contributed by atoms with Crippen LogP contribution < -0.4 is 0 Å². The number of aliphatic hydroxyl groups is 1. The molecular weight excluding hydrogens is 282 g/mol. The van der Waals surface area contributed by atoms with Gasteiger partial charge in [-0.05, 0) is 34.5 Å². The van der Waals surface area contributed by atoms with Crippen LogP contribution in [0.1, 0.15) is 18.4 Å². The van der Waals surface area contributed by atoms with Crippen molar-refractivity contribution in [3.05, 3.63) is 33.0 Å². The third kappa shape index (κ3) is 3.49. The van der Waals surface area contributed by atoms with E-state index in [4.69, 9.17) is 16.7 Å². The van der Waals surface area contributed by atoms with Crippen LogP contribution in [-0.4, -0.2) is 11.7 Å². The van der Waals surface area contributed by atoms with Crippen molar-refractivity contribution in [3.8, 4) is 11.8 Å². The fourth-order valence-electron chi connectivity index (χ4n) is 0.948. The Bertz CT molecular complexity index is 409. The van der Waals surface area contributed by atoms with Gasteiger partial charge in [0.1, 0.15) is 0 Å². The molecule has 0 saturated carbocycles. The molecule has 0 atom stereocenters. The van der Waals surface area contributed by atoms with Crippen molar-refractivity contribution in [2.45, 2.75) is 12.8 Å². The predicted octanol–water partition coefficient (Wildman–Crippen LogP) is 3.37. The zero-order chi connectivity index (χ0) is 11.3. The Hall–Kier alpha value is -0.560. The highest BCUT2D eigenvalue weighted by Crippen LogP contribution is 2.27. The van der Waals surface area contributed by atoms with Crippen molar-refractivity contribution in [1.29, 1.82) is 0 Å². The van der Waals surface area contributed by atoms with Gasteiger partial charge in [-0.1, -0.05) is 23.4 Å². The van der Waals surface area contributed by atoms with Gasteiger partial charge >= 0.3 is 0 Å². The second-order valence-electron chi connectivity index (χ2n) is 2.85. The van der Waals surface area contributed by atoms with Crippen molar-refractivity contribution in [2.24, 2.45) is 0 Å². The molecule has 0 aromatic heterocycles. The van der Waals surface area contributed by atoms with E-state index >= 15 is 0 Å². The normalized spacial score (nSPS) is 9.60. The third-order valence-corrected chi connectivity index (χ3v) is 2.98. The summed E-state index contributed by atoms with van der Waals surface area (Å²) in [6, 6.07) is 3.22.